The predicted molar refractivity (Wildman–Crippen MR) is 68.2 cm³/mol. The van der Waals surface area contributed by atoms with Crippen molar-refractivity contribution in [1.29, 1.82) is 0 Å². The van der Waals surface area contributed by atoms with Gasteiger partial charge in [0.25, 0.3) is 0 Å². The number of hydrogen-bond donors (Lipinski definition) is 0. The summed E-state index contributed by atoms with van der Waals surface area (Å²) in [5.74, 6) is 0.716. The molecule has 0 atom stereocenters. The molecule has 0 aliphatic rings. The fraction of sp³-hybridized carbons (Fsp3) is 0.167. The molecule has 2 aromatic rings. The van der Waals surface area contributed by atoms with Gasteiger partial charge in [-0.15, -0.1) is 0 Å². The van der Waals surface area contributed by atoms with E-state index in [2.05, 4.69) is 5.16 Å². The highest BCUT2D eigenvalue weighted by Crippen LogP contribution is 2.34. The summed E-state index contributed by atoms with van der Waals surface area (Å²) in [7, 11) is 0. The van der Waals surface area contributed by atoms with Crippen LogP contribution in [0, 0.1) is 0 Å². The van der Waals surface area contributed by atoms with Crippen LogP contribution in [-0.4, -0.2) is 10.6 Å². The van der Waals surface area contributed by atoms with Crippen molar-refractivity contribution < 1.29 is 14.1 Å². The highest BCUT2D eigenvalue weighted by Gasteiger charge is 2.20. The lowest BCUT2D eigenvalue weighted by Crippen LogP contribution is -1.98. The summed E-state index contributed by atoms with van der Waals surface area (Å²) in [5, 5.41) is 4.49. The third-order valence-electron chi connectivity index (χ3n) is 2.34. The Bertz CT molecular complexity index is 563. The molecule has 0 spiro atoms. The lowest BCUT2D eigenvalue weighted by molar-refractivity contribution is 0.224. The SMILES string of the molecule is CCc1onc(-c2ccc(Cl)cc2)c1OC(=O)Cl. The average molecular weight is 286 g/mol. The zero-order valence-corrected chi connectivity index (χ0v) is 11.0. The topological polar surface area (TPSA) is 52.3 Å². The highest BCUT2D eigenvalue weighted by atomic mass is 35.5. The standard InChI is InChI=1S/C12H9Cl2NO3/c1-2-9-11(17-12(14)16)10(15-18-9)7-3-5-8(13)6-4-7/h3-6H,2H2,1H3. The minimum Gasteiger partial charge on any atom is -0.408 e. The molecule has 2 rings (SSSR count). The molecular formula is C12H9Cl2NO3. The van der Waals surface area contributed by atoms with E-state index in [1.165, 1.54) is 0 Å². The van der Waals surface area contributed by atoms with E-state index < -0.39 is 5.43 Å². The van der Waals surface area contributed by atoms with Gasteiger partial charge in [-0.3, -0.25) is 0 Å². The number of ether oxygens (including phenoxy) is 1. The van der Waals surface area contributed by atoms with Crippen LogP contribution in [0.5, 0.6) is 5.75 Å². The van der Waals surface area contributed by atoms with Crippen LogP contribution < -0.4 is 4.74 Å². The first-order chi connectivity index (χ1) is 8.61. The fourth-order valence-corrected chi connectivity index (χ4v) is 1.72. The molecule has 0 fully saturated rings. The maximum absolute atomic E-state index is 10.9. The molecule has 4 nitrogen and oxygen atoms in total. The van der Waals surface area contributed by atoms with Crippen LogP contribution in [0.15, 0.2) is 28.8 Å². The van der Waals surface area contributed by atoms with E-state index in [4.69, 9.17) is 32.5 Å². The van der Waals surface area contributed by atoms with Crippen LogP contribution in [0.2, 0.25) is 5.02 Å². The van der Waals surface area contributed by atoms with Gasteiger partial charge in [-0.05, 0) is 12.1 Å². The van der Waals surface area contributed by atoms with Gasteiger partial charge in [0.1, 0.15) is 0 Å². The minimum atomic E-state index is -0.928. The average Bonchev–Trinajstić information content (AvgIpc) is 2.72. The number of aryl methyl sites for hydroxylation is 1. The van der Waals surface area contributed by atoms with Crippen LogP contribution in [0.1, 0.15) is 12.7 Å². The number of halogens is 2. The summed E-state index contributed by atoms with van der Waals surface area (Å²) >= 11 is 11.0. The van der Waals surface area contributed by atoms with Crippen molar-refractivity contribution in [2.24, 2.45) is 0 Å². The number of rotatable bonds is 3. The molecule has 0 aliphatic heterocycles. The first kappa shape index (κ1) is 12.9. The molecule has 0 N–H and O–H groups in total. The molecule has 18 heavy (non-hydrogen) atoms. The maximum atomic E-state index is 10.9. The quantitative estimate of drug-likeness (QED) is 0.789. The van der Waals surface area contributed by atoms with E-state index in [-0.39, 0.29) is 5.75 Å². The minimum absolute atomic E-state index is 0.250. The zero-order valence-electron chi connectivity index (χ0n) is 9.44. The molecule has 0 bridgehead atoms. The smallest absolute Gasteiger partial charge is 0.408 e. The molecule has 0 amide bonds. The normalized spacial score (nSPS) is 10.4. The summed E-state index contributed by atoms with van der Waals surface area (Å²) in [4.78, 5) is 10.9. The summed E-state index contributed by atoms with van der Waals surface area (Å²) in [6.45, 7) is 1.86. The molecule has 0 unspecified atom stereocenters. The van der Waals surface area contributed by atoms with Gasteiger partial charge in [0.15, 0.2) is 11.5 Å². The first-order valence-corrected chi connectivity index (χ1v) is 5.99. The van der Waals surface area contributed by atoms with Crippen molar-refractivity contribution in [3.63, 3.8) is 0 Å². The zero-order chi connectivity index (χ0) is 13.1. The summed E-state index contributed by atoms with van der Waals surface area (Å²) in [5.41, 5.74) is 0.233. The molecule has 1 aromatic heterocycles. The number of benzene rings is 1. The lowest BCUT2D eigenvalue weighted by Gasteiger charge is -2.01. The molecule has 1 heterocycles. The van der Waals surface area contributed by atoms with Crippen molar-refractivity contribution >= 4 is 28.6 Å². The molecule has 0 radical (unpaired) electrons. The molecule has 0 saturated carbocycles. The Hall–Kier alpha value is -1.52. The monoisotopic (exact) mass is 285 g/mol. The summed E-state index contributed by atoms with van der Waals surface area (Å²) in [6.07, 6.45) is 0.542. The van der Waals surface area contributed by atoms with Gasteiger partial charge in [0, 0.05) is 28.6 Å². The third-order valence-corrected chi connectivity index (χ3v) is 2.67. The Balaban J connectivity index is 2.46. The van der Waals surface area contributed by atoms with E-state index in [0.29, 0.717) is 22.9 Å². The maximum Gasteiger partial charge on any atom is 0.409 e. The number of nitrogens with zero attached hydrogens (tertiary/aromatic N) is 1. The lowest BCUT2D eigenvalue weighted by atomic mass is 10.1. The van der Waals surface area contributed by atoms with E-state index in [9.17, 15) is 4.79 Å². The van der Waals surface area contributed by atoms with Crippen LogP contribution in [0.4, 0.5) is 4.79 Å². The van der Waals surface area contributed by atoms with Crippen molar-refractivity contribution in [3.8, 4) is 17.0 Å². The number of hydrogen-bond acceptors (Lipinski definition) is 4. The Kier molecular flexibility index (Phi) is 3.89. The van der Waals surface area contributed by atoms with Crippen molar-refractivity contribution in [3.05, 3.63) is 35.0 Å². The van der Waals surface area contributed by atoms with E-state index in [0.717, 1.165) is 5.56 Å². The molecular weight excluding hydrogens is 277 g/mol. The summed E-state index contributed by atoms with van der Waals surface area (Å²) in [6, 6.07) is 6.93. The van der Waals surface area contributed by atoms with Gasteiger partial charge < -0.3 is 9.26 Å². The van der Waals surface area contributed by atoms with Gasteiger partial charge in [0.2, 0.25) is 5.75 Å². The second-order valence-corrected chi connectivity index (χ2v) is 4.23. The Morgan fingerprint density at radius 3 is 2.61 bits per heavy atom. The van der Waals surface area contributed by atoms with Crippen LogP contribution in [0.3, 0.4) is 0 Å². The van der Waals surface area contributed by atoms with Gasteiger partial charge in [-0.2, -0.15) is 0 Å². The summed E-state index contributed by atoms with van der Waals surface area (Å²) < 4.78 is 10.0. The Morgan fingerprint density at radius 1 is 1.39 bits per heavy atom. The van der Waals surface area contributed by atoms with Crippen molar-refractivity contribution in [2.45, 2.75) is 13.3 Å². The molecule has 1 aromatic carbocycles. The third kappa shape index (κ3) is 2.66. The van der Waals surface area contributed by atoms with E-state index in [1.54, 1.807) is 24.3 Å². The predicted octanol–water partition coefficient (Wildman–Crippen LogP) is 4.30. The second-order valence-electron chi connectivity index (χ2n) is 3.48. The molecule has 94 valence electrons. The van der Waals surface area contributed by atoms with E-state index >= 15 is 0 Å². The Labute approximate surface area is 113 Å². The fourth-order valence-electron chi connectivity index (χ4n) is 1.52. The van der Waals surface area contributed by atoms with E-state index in [1.807, 2.05) is 6.92 Å². The van der Waals surface area contributed by atoms with Crippen LogP contribution in [0.25, 0.3) is 11.3 Å². The molecule has 6 heteroatoms. The Morgan fingerprint density at radius 2 is 2.06 bits per heavy atom. The number of aromatic nitrogens is 1. The largest absolute Gasteiger partial charge is 0.409 e. The molecule has 0 saturated heterocycles. The van der Waals surface area contributed by atoms with Gasteiger partial charge >= 0.3 is 5.43 Å². The van der Waals surface area contributed by atoms with Gasteiger partial charge in [-0.25, -0.2) is 4.79 Å². The highest BCUT2D eigenvalue weighted by molar-refractivity contribution is 6.61. The first-order valence-electron chi connectivity index (χ1n) is 5.23. The second kappa shape index (κ2) is 5.42. The van der Waals surface area contributed by atoms with Crippen LogP contribution >= 0.6 is 23.2 Å². The van der Waals surface area contributed by atoms with Crippen LogP contribution in [-0.2, 0) is 6.42 Å². The molecule has 0 aliphatic carbocycles. The van der Waals surface area contributed by atoms with Crippen molar-refractivity contribution in [2.75, 3.05) is 0 Å². The van der Waals surface area contributed by atoms with Gasteiger partial charge in [-0.1, -0.05) is 35.8 Å². The number of carbonyl (C=O) groups excluding carboxylic acids is 1. The van der Waals surface area contributed by atoms with Crippen molar-refractivity contribution in [1.82, 2.24) is 5.16 Å². The van der Waals surface area contributed by atoms with Gasteiger partial charge in [0.05, 0.1) is 0 Å². The number of carbonyl (C=O) groups is 1.